The summed E-state index contributed by atoms with van der Waals surface area (Å²) in [5.74, 6) is 0.699. The van der Waals surface area contributed by atoms with Crippen LogP contribution in [-0.4, -0.2) is 17.8 Å². The van der Waals surface area contributed by atoms with Crippen molar-refractivity contribution in [2.45, 2.75) is 39.7 Å². The zero-order chi connectivity index (χ0) is 18.9. The van der Waals surface area contributed by atoms with E-state index < -0.39 is 6.09 Å². The minimum atomic E-state index is -0.991. The van der Waals surface area contributed by atoms with Gasteiger partial charge >= 0.3 is 6.09 Å². The summed E-state index contributed by atoms with van der Waals surface area (Å²) in [5, 5.41) is 12.4. The quantitative estimate of drug-likeness (QED) is 0.708. The maximum Gasteiger partial charge on any atom is 0.405 e. The van der Waals surface area contributed by atoms with Crippen molar-refractivity contribution in [3.05, 3.63) is 52.5 Å². The third-order valence-electron chi connectivity index (χ3n) is 4.88. The van der Waals surface area contributed by atoms with Crippen LogP contribution in [-0.2, 0) is 6.42 Å². The topological polar surface area (TPSA) is 58.6 Å². The normalized spacial score (nSPS) is 17.6. The van der Waals surface area contributed by atoms with E-state index >= 15 is 0 Å². The molecule has 0 spiro atoms. The van der Waals surface area contributed by atoms with Crippen LogP contribution < -0.4 is 10.1 Å². The zero-order valence-corrected chi connectivity index (χ0v) is 16.1. The van der Waals surface area contributed by atoms with E-state index in [1.807, 2.05) is 30.3 Å². The molecule has 0 saturated carbocycles. The summed E-state index contributed by atoms with van der Waals surface area (Å²) in [6, 6.07) is 11.8. The number of hydrogen-bond donors (Lipinski definition) is 2. The molecule has 1 aliphatic carbocycles. The molecular formula is C21H24ClNO3. The van der Waals surface area contributed by atoms with Crippen molar-refractivity contribution < 1.29 is 14.6 Å². The van der Waals surface area contributed by atoms with Crippen molar-refractivity contribution in [2.24, 2.45) is 5.41 Å². The van der Waals surface area contributed by atoms with Gasteiger partial charge in [-0.15, -0.1) is 0 Å². The number of carbonyl (C=O) groups is 1. The second-order valence-electron chi connectivity index (χ2n) is 7.46. The first-order chi connectivity index (χ1) is 12.3. The Morgan fingerprint density at radius 1 is 1.27 bits per heavy atom. The Kier molecular flexibility index (Phi) is 5.15. The van der Waals surface area contributed by atoms with Crippen LogP contribution in [0.2, 0.25) is 5.02 Å². The molecule has 2 aromatic carbocycles. The smallest absolute Gasteiger partial charge is 0.405 e. The van der Waals surface area contributed by atoms with Gasteiger partial charge in [-0.05, 0) is 52.6 Å². The van der Waals surface area contributed by atoms with Gasteiger partial charge in [0.1, 0.15) is 5.75 Å². The number of amides is 1. The maximum atomic E-state index is 11.1. The second-order valence-corrected chi connectivity index (χ2v) is 7.86. The van der Waals surface area contributed by atoms with Crippen molar-refractivity contribution in [3.63, 3.8) is 0 Å². The molecule has 4 nitrogen and oxygen atoms in total. The van der Waals surface area contributed by atoms with E-state index in [4.69, 9.17) is 21.4 Å². The highest BCUT2D eigenvalue weighted by Gasteiger charge is 2.39. The number of benzene rings is 2. The lowest BCUT2D eigenvalue weighted by atomic mass is 9.85. The summed E-state index contributed by atoms with van der Waals surface area (Å²) in [7, 11) is 0. The van der Waals surface area contributed by atoms with Gasteiger partial charge < -0.3 is 15.2 Å². The Balaban J connectivity index is 1.91. The third kappa shape index (κ3) is 3.65. The highest BCUT2D eigenvalue weighted by Crippen LogP contribution is 2.46. The molecule has 1 amide bonds. The van der Waals surface area contributed by atoms with Gasteiger partial charge in [-0.25, -0.2) is 4.79 Å². The van der Waals surface area contributed by atoms with Crippen molar-refractivity contribution in [2.75, 3.05) is 6.61 Å². The maximum absolute atomic E-state index is 11.1. The molecule has 2 N–H and O–H groups in total. The molecule has 2 aromatic rings. The number of nitrogens with one attached hydrogen (secondary N) is 1. The molecular weight excluding hydrogens is 350 g/mol. The summed E-state index contributed by atoms with van der Waals surface area (Å²) in [6.45, 7) is 6.87. The molecule has 0 saturated heterocycles. The predicted molar refractivity (Wildman–Crippen MR) is 104 cm³/mol. The number of ether oxygens (including phenoxy) is 1. The standard InChI is InChI=1S/C21H24ClNO3/c1-4-9-26-18-8-6-14(11-17(18)22)13-5-7-16-15(10-13)12-21(2,3)19(16)23-20(24)25/h5-8,10-11,19,23H,4,9,12H2,1-3H3,(H,24,25)/t19-/m0/s1. The van der Waals surface area contributed by atoms with Crippen LogP contribution in [0.15, 0.2) is 36.4 Å². The average Bonchev–Trinajstić information content (AvgIpc) is 2.82. The number of carboxylic acid groups (broad SMARTS) is 1. The summed E-state index contributed by atoms with van der Waals surface area (Å²) in [4.78, 5) is 11.1. The van der Waals surface area contributed by atoms with Crippen LogP contribution in [0.25, 0.3) is 11.1 Å². The number of hydrogen-bond acceptors (Lipinski definition) is 2. The highest BCUT2D eigenvalue weighted by atomic mass is 35.5. The number of halogens is 1. The first-order valence-corrected chi connectivity index (χ1v) is 9.24. The van der Waals surface area contributed by atoms with Crippen LogP contribution in [0.4, 0.5) is 4.79 Å². The molecule has 138 valence electrons. The molecule has 0 fully saturated rings. The van der Waals surface area contributed by atoms with Gasteiger partial charge in [0.2, 0.25) is 0 Å². The second kappa shape index (κ2) is 7.20. The third-order valence-corrected chi connectivity index (χ3v) is 5.17. The lowest BCUT2D eigenvalue weighted by Crippen LogP contribution is -2.34. The molecule has 5 heteroatoms. The van der Waals surface area contributed by atoms with Crippen LogP contribution in [0.5, 0.6) is 5.75 Å². The van der Waals surface area contributed by atoms with Gasteiger partial charge in [0.05, 0.1) is 17.7 Å². The fraction of sp³-hybridized carbons (Fsp3) is 0.381. The fourth-order valence-electron chi connectivity index (χ4n) is 3.64. The van der Waals surface area contributed by atoms with Crippen molar-refractivity contribution >= 4 is 17.7 Å². The molecule has 26 heavy (non-hydrogen) atoms. The molecule has 0 aliphatic heterocycles. The summed E-state index contributed by atoms with van der Waals surface area (Å²) in [5.41, 5.74) is 4.16. The fourth-order valence-corrected chi connectivity index (χ4v) is 3.88. The summed E-state index contributed by atoms with van der Waals surface area (Å²) >= 11 is 6.36. The van der Waals surface area contributed by atoms with Crippen LogP contribution >= 0.6 is 11.6 Å². The largest absolute Gasteiger partial charge is 0.492 e. The van der Waals surface area contributed by atoms with Gasteiger partial charge in [-0.1, -0.05) is 56.6 Å². The van der Waals surface area contributed by atoms with E-state index in [1.165, 1.54) is 5.56 Å². The molecule has 1 aliphatic rings. The summed E-state index contributed by atoms with van der Waals surface area (Å²) < 4.78 is 5.63. The zero-order valence-electron chi connectivity index (χ0n) is 15.3. The Labute approximate surface area is 159 Å². The Hall–Kier alpha value is -2.20. The Morgan fingerprint density at radius 3 is 2.62 bits per heavy atom. The van der Waals surface area contributed by atoms with Crippen LogP contribution in [0, 0.1) is 5.41 Å². The SMILES string of the molecule is CCCOc1ccc(-c2ccc3c(c2)CC(C)(C)[C@H]3NC(=O)O)cc1Cl. The monoisotopic (exact) mass is 373 g/mol. The lowest BCUT2D eigenvalue weighted by Gasteiger charge is -2.27. The van der Waals surface area contributed by atoms with E-state index in [9.17, 15) is 4.79 Å². The van der Waals surface area contributed by atoms with E-state index in [0.717, 1.165) is 29.5 Å². The Morgan fingerprint density at radius 2 is 1.96 bits per heavy atom. The molecule has 0 radical (unpaired) electrons. The average molecular weight is 374 g/mol. The first-order valence-electron chi connectivity index (χ1n) is 8.87. The summed E-state index contributed by atoms with van der Waals surface area (Å²) in [6.07, 6.45) is 0.769. The highest BCUT2D eigenvalue weighted by molar-refractivity contribution is 6.32. The lowest BCUT2D eigenvalue weighted by molar-refractivity contribution is 0.175. The van der Waals surface area contributed by atoms with Crippen molar-refractivity contribution in [1.82, 2.24) is 5.32 Å². The van der Waals surface area contributed by atoms with Crippen LogP contribution in [0.3, 0.4) is 0 Å². The van der Waals surface area contributed by atoms with E-state index in [0.29, 0.717) is 17.4 Å². The molecule has 0 aromatic heterocycles. The predicted octanol–water partition coefficient (Wildman–Crippen LogP) is 5.69. The molecule has 1 atom stereocenters. The van der Waals surface area contributed by atoms with Gasteiger partial charge in [0, 0.05) is 0 Å². The van der Waals surface area contributed by atoms with Crippen molar-refractivity contribution in [1.29, 1.82) is 0 Å². The molecule has 0 heterocycles. The minimum Gasteiger partial charge on any atom is -0.492 e. The van der Waals surface area contributed by atoms with Crippen LogP contribution in [0.1, 0.15) is 44.4 Å². The Bertz CT molecular complexity index is 832. The number of rotatable bonds is 5. The van der Waals surface area contributed by atoms with Gasteiger partial charge in [-0.3, -0.25) is 0 Å². The van der Waals surface area contributed by atoms with Gasteiger partial charge in [0.15, 0.2) is 0 Å². The van der Waals surface area contributed by atoms with E-state index in [2.05, 4.69) is 32.2 Å². The van der Waals surface area contributed by atoms with Gasteiger partial charge in [-0.2, -0.15) is 0 Å². The first kappa shape index (κ1) is 18.6. The number of fused-ring (bicyclic) bond motifs is 1. The molecule has 0 bridgehead atoms. The molecule has 0 unspecified atom stereocenters. The minimum absolute atomic E-state index is 0.158. The van der Waals surface area contributed by atoms with Crippen molar-refractivity contribution in [3.8, 4) is 16.9 Å². The van der Waals surface area contributed by atoms with E-state index in [-0.39, 0.29) is 11.5 Å². The van der Waals surface area contributed by atoms with E-state index in [1.54, 1.807) is 0 Å². The van der Waals surface area contributed by atoms with Gasteiger partial charge in [0.25, 0.3) is 0 Å². The molecule has 3 rings (SSSR count).